The van der Waals surface area contributed by atoms with Crippen LogP contribution in [0.25, 0.3) is 0 Å². The van der Waals surface area contributed by atoms with Gasteiger partial charge in [0.1, 0.15) is 5.82 Å². The predicted molar refractivity (Wildman–Crippen MR) is 50.9 cm³/mol. The molecule has 1 aromatic rings. The molecule has 0 saturated heterocycles. The maximum atomic E-state index is 5.95. The minimum atomic E-state index is 0.0958. The van der Waals surface area contributed by atoms with Crippen molar-refractivity contribution in [1.82, 2.24) is 9.36 Å². The van der Waals surface area contributed by atoms with Crippen molar-refractivity contribution in [3.05, 3.63) is 5.82 Å². The molecule has 2 N–H and O–H groups in total. The van der Waals surface area contributed by atoms with Gasteiger partial charge >= 0.3 is 0 Å². The Morgan fingerprint density at radius 2 is 2.38 bits per heavy atom. The highest BCUT2D eigenvalue weighted by Gasteiger charge is 2.37. The van der Waals surface area contributed by atoms with Crippen molar-refractivity contribution >= 4 is 11.5 Å². The summed E-state index contributed by atoms with van der Waals surface area (Å²) in [6.07, 6.45) is 4.16. The molecule has 1 heterocycles. The molecule has 13 heavy (non-hydrogen) atoms. The van der Waals surface area contributed by atoms with E-state index in [4.69, 9.17) is 10.5 Å². The molecule has 1 saturated carbocycles. The molecule has 0 unspecified atom stereocenters. The molecule has 0 radical (unpaired) electrons. The van der Waals surface area contributed by atoms with E-state index in [1.807, 2.05) is 0 Å². The molecule has 0 amide bonds. The average molecular weight is 199 g/mol. The Morgan fingerprint density at radius 3 is 2.92 bits per heavy atom. The highest BCUT2D eigenvalue weighted by molar-refractivity contribution is 7.07. The van der Waals surface area contributed by atoms with Crippen molar-refractivity contribution in [3.8, 4) is 5.19 Å². The fraction of sp³-hybridized carbons (Fsp3) is 0.750. The Morgan fingerprint density at radius 1 is 1.62 bits per heavy atom. The van der Waals surface area contributed by atoms with Crippen molar-refractivity contribution in [2.75, 3.05) is 7.11 Å². The van der Waals surface area contributed by atoms with Crippen LogP contribution < -0.4 is 10.5 Å². The minimum Gasteiger partial charge on any atom is -0.472 e. The second-order valence-corrected chi connectivity index (χ2v) is 4.26. The number of nitrogens with zero attached hydrogens (tertiary/aromatic N) is 2. The van der Waals surface area contributed by atoms with Gasteiger partial charge in [-0.2, -0.15) is 9.36 Å². The van der Waals surface area contributed by atoms with E-state index in [0.717, 1.165) is 31.5 Å². The lowest BCUT2D eigenvalue weighted by Gasteiger charge is -2.04. The molecular formula is C8H13N3OS. The van der Waals surface area contributed by atoms with Gasteiger partial charge in [0.2, 0.25) is 0 Å². The van der Waals surface area contributed by atoms with E-state index < -0.39 is 0 Å². The smallest absolute Gasteiger partial charge is 0.292 e. The molecule has 1 fully saturated rings. The number of ether oxygens (including phenoxy) is 1. The molecule has 0 aromatic carbocycles. The number of rotatable bonds is 4. The van der Waals surface area contributed by atoms with E-state index in [1.54, 1.807) is 7.11 Å². The standard InChI is InChI=1S/C8H13N3OS/c1-12-7-10-6(11-13-7)2-3-8(9)4-5-8/h2-5,9H2,1H3. The highest BCUT2D eigenvalue weighted by atomic mass is 32.1. The molecule has 0 spiro atoms. The molecule has 2 rings (SSSR count). The van der Waals surface area contributed by atoms with Gasteiger partial charge in [-0.3, -0.25) is 0 Å². The van der Waals surface area contributed by atoms with Gasteiger partial charge in [0, 0.05) is 23.5 Å². The number of hydrogen-bond donors (Lipinski definition) is 1. The molecule has 5 heteroatoms. The third-order valence-corrected chi connectivity index (χ3v) is 3.08. The van der Waals surface area contributed by atoms with Gasteiger partial charge < -0.3 is 10.5 Å². The molecule has 1 aliphatic carbocycles. The van der Waals surface area contributed by atoms with E-state index in [1.165, 1.54) is 11.5 Å². The van der Waals surface area contributed by atoms with E-state index in [2.05, 4.69) is 9.36 Å². The summed E-state index contributed by atoms with van der Waals surface area (Å²) in [7, 11) is 1.61. The molecule has 72 valence electrons. The maximum absolute atomic E-state index is 5.95. The van der Waals surface area contributed by atoms with Crippen LogP contribution in [0.2, 0.25) is 0 Å². The topological polar surface area (TPSA) is 61.0 Å². The van der Waals surface area contributed by atoms with E-state index in [9.17, 15) is 0 Å². The zero-order valence-electron chi connectivity index (χ0n) is 7.62. The molecule has 0 aliphatic heterocycles. The lowest BCUT2D eigenvalue weighted by molar-refractivity contribution is 0.410. The van der Waals surface area contributed by atoms with Gasteiger partial charge in [0.15, 0.2) is 0 Å². The van der Waals surface area contributed by atoms with Crippen molar-refractivity contribution in [2.45, 2.75) is 31.2 Å². The lowest BCUT2D eigenvalue weighted by Crippen LogP contribution is -2.22. The van der Waals surface area contributed by atoms with Crippen molar-refractivity contribution in [2.24, 2.45) is 5.73 Å². The van der Waals surface area contributed by atoms with Gasteiger partial charge in [-0.05, 0) is 19.3 Å². The van der Waals surface area contributed by atoms with Crippen LogP contribution in [0.4, 0.5) is 0 Å². The first-order valence-corrected chi connectivity index (χ1v) is 5.15. The van der Waals surface area contributed by atoms with Crippen molar-refractivity contribution in [3.63, 3.8) is 0 Å². The monoisotopic (exact) mass is 199 g/mol. The molecule has 0 bridgehead atoms. The minimum absolute atomic E-state index is 0.0958. The number of hydrogen-bond acceptors (Lipinski definition) is 5. The number of nitrogens with two attached hydrogens (primary N) is 1. The summed E-state index contributed by atoms with van der Waals surface area (Å²) in [6, 6.07) is 0. The van der Waals surface area contributed by atoms with Crippen LogP contribution >= 0.6 is 11.5 Å². The highest BCUT2D eigenvalue weighted by Crippen LogP contribution is 2.36. The lowest BCUT2D eigenvalue weighted by atomic mass is 10.1. The van der Waals surface area contributed by atoms with Gasteiger partial charge in [-0.1, -0.05) is 0 Å². The first kappa shape index (κ1) is 8.90. The first-order chi connectivity index (χ1) is 6.22. The van der Waals surface area contributed by atoms with Gasteiger partial charge in [0.25, 0.3) is 5.19 Å². The van der Waals surface area contributed by atoms with Gasteiger partial charge in [0.05, 0.1) is 7.11 Å². The second kappa shape index (κ2) is 3.23. The summed E-state index contributed by atoms with van der Waals surface area (Å²) in [5.41, 5.74) is 6.05. The fourth-order valence-electron chi connectivity index (χ4n) is 1.19. The summed E-state index contributed by atoms with van der Waals surface area (Å²) in [5, 5.41) is 0.636. The van der Waals surface area contributed by atoms with Crippen LogP contribution in [0, 0.1) is 0 Å². The summed E-state index contributed by atoms with van der Waals surface area (Å²) in [5.74, 6) is 0.860. The third kappa shape index (κ3) is 2.16. The fourth-order valence-corrected chi connectivity index (χ4v) is 1.73. The zero-order chi connectivity index (χ0) is 9.31. The van der Waals surface area contributed by atoms with E-state index in [-0.39, 0.29) is 5.54 Å². The van der Waals surface area contributed by atoms with Crippen LogP contribution in [0.1, 0.15) is 25.1 Å². The first-order valence-electron chi connectivity index (χ1n) is 4.37. The van der Waals surface area contributed by atoms with E-state index >= 15 is 0 Å². The Hall–Kier alpha value is -0.680. The Bertz CT molecular complexity index is 295. The number of methoxy groups -OCH3 is 1. The molecule has 4 nitrogen and oxygen atoms in total. The van der Waals surface area contributed by atoms with Crippen molar-refractivity contribution in [1.29, 1.82) is 0 Å². The molecule has 1 aliphatic rings. The largest absolute Gasteiger partial charge is 0.472 e. The summed E-state index contributed by atoms with van der Waals surface area (Å²) in [6.45, 7) is 0. The van der Waals surface area contributed by atoms with Crippen LogP contribution in [0.15, 0.2) is 0 Å². The average Bonchev–Trinajstić information content (AvgIpc) is 2.69. The number of aromatic nitrogens is 2. The van der Waals surface area contributed by atoms with Gasteiger partial charge in [-0.25, -0.2) is 0 Å². The summed E-state index contributed by atoms with van der Waals surface area (Å²) in [4.78, 5) is 4.19. The van der Waals surface area contributed by atoms with Crippen LogP contribution in [-0.2, 0) is 6.42 Å². The number of aryl methyl sites for hydroxylation is 1. The Balaban J connectivity index is 1.87. The zero-order valence-corrected chi connectivity index (χ0v) is 8.43. The summed E-state index contributed by atoms with van der Waals surface area (Å²) >= 11 is 1.30. The van der Waals surface area contributed by atoms with Crippen LogP contribution in [0.5, 0.6) is 5.19 Å². The normalized spacial score (nSPS) is 18.6. The molecule has 0 atom stereocenters. The summed E-state index contributed by atoms with van der Waals surface area (Å²) < 4.78 is 9.12. The van der Waals surface area contributed by atoms with Gasteiger partial charge in [-0.15, -0.1) is 0 Å². The molecular weight excluding hydrogens is 186 g/mol. The Labute approximate surface area is 81.3 Å². The quantitative estimate of drug-likeness (QED) is 0.785. The maximum Gasteiger partial charge on any atom is 0.292 e. The third-order valence-electron chi connectivity index (χ3n) is 2.36. The van der Waals surface area contributed by atoms with Crippen molar-refractivity contribution < 1.29 is 4.74 Å². The Kier molecular flexibility index (Phi) is 2.21. The predicted octanol–water partition coefficient (Wildman–Crippen LogP) is 0.971. The SMILES string of the molecule is COc1nc(CCC2(N)CC2)ns1. The molecule has 1 aromatic heterocycles. The van der Waals surface area contributed by atoms with Crippen LogP contribution in [0.3, 0.4) is 0 Å². The van der Waals surface area contributed by atoms with E-state index in [0.29, 0.717) is 5.19 Å². The van der Waals surface area contributed by atoms with Crippen LogP contribution in [-0.4, -0.2) is 22.0 Å². The second-order valence-electron chi connectivity index (χ2n) is 3.54.